The van der Waals surface area contributed by atoms with Crippen LogP contribution in [-0.4, -0.2) is 26.3 Å². The Labute approximate surface area is 120 Å². The summed E-state index contributed by atoms with van der Waals surface area (Å²) >= 11 is -0.228. The molecule has 0 aromatic heterocycles. The Hall–Kier alpha value is -0.790. The van der Waals surface area contributed by atoms with Crippen LogP contribution in [0.3, 0.4) is 0 Å². The number of thioether (sulfide) groups is 1. The largest absolute Gasteiger partial charge is 0.496 e. The van der Waals surface area contributed by atoms with Crippen LogP contribution in [-0.2, 0) is 6.42 Å². The Morgan fingerprint density at radius 2 is 1.74 bits per heavy atom. The smallest absolute Gasteiger partial charge is 0.446 e. The second-order valence-electron chi connectivity index (χ2n) is 3.40. The van der Waals surface area contributed by atoms with Crippen LogP contribution in [0.1, 0.15) is 5.56 Å². The second kappa shape index (κ2) is 7.72. The van der Waals surface area contributed by atoms with Crippen molar-refractivity contribution in [1.29, 1.82) is 0 Å². The molecule has 110 valence electrons. The van der Waals surface area contributed by atoms with Crippen LogP contribution in [0.15, 0.2) is 17.0 Å². The number of hydrogen-bond acceptors (Lipinski definition) is 4. The fraction of sp³-hybridized carbons (Fsp3) is 0.455. The average molecular weight is 318 g/mol. The third-order valence-electron chi connectivity index (χ3n) is 2.21. The van der Waals surface area contributed by atoms with E-state index in [9.17, 15) is 13.2 Å². The number of nitrogens with two attached hydrogens (primary N) is 1. The Balaban J connectivity index is 0.00000324. The summed E-state index contributed by atoms with van der Waals surface area (Å²) < 4.78 is 47.2. The second-order valence-corrected chi connectivity index (χ2v) is 4.51. The van der Waals surface area contributed by atoms with Gasteiger partial charge in [-0.1, -0.05) is 0 Å². The molecule has 0 atom stereocenters. The van der Waals surface area contributed by atoms with Crippen molar-refractivity contribution in [3.8, 4) is 11.5 Å². The number of hydrogen-bond donors (Lipinski definition) is 1. The zero-order valence-electron chi connectivity index (χ0n) is 10.4. The summed E-state index contributed by atoms with van der Waals surface area (Å²) in [6, 6.07) is 2.85. The fourth-order valence-electron chi connectivity index (χ4n) is 1.49. The van der Waals surface area contributed by atoms with Gasteiger partial charge in [0.25, 0.3) is 0 Å². The molecular formula is C11H15ClF3NO2S. The minimum absolute atomic E-state index is 0. The topological polar surface area (TPSA) is 44.5 Å². The highest BCUT2D eigenvalue weighted by molar-refractivity contribution is 8.00. The highest BCUT2D eigenvalue weighted by Crippen LogP contribution is 2.43. The zero-order valence-corrected chi connectivity index (χ0v) is 12.0. The molecule has 0 bridgehead atoms. The van der Waals surface area contributed by atoms with Crippen molar-refractivity contribution >= 4 is 24.2 Å². The molecule has 2 N–H and O–H groups in total. The van der Waals surface area contributed by atoms with Gasteiger partial charge in [-0.25, -0.2) is 0 Å². The molecule has 0 radical (unpaired) electrons. The standard InChI is InChI=1S/C11H14F3NO2S.ClH/c1-16-8-6-10(18-11(12,13)14)9(17-2)5-7(8)3-4-15;/h5-6H,3-4,15H2,1-2H3;1H. The van der Waals surface area contributed by atoms with E-state index < -0.39 is 5.51 Å². The van der Waals surface area contributed by atoms with Crippen molar-refractivity contribution in [2.45, 2.75) is 16.8 Å². The van der Waals surface area contributed by atoms with E-state index in [1.807, 2.05) is 0 Å². The minimum atomic E-state index is -4.37. The molecule has 0 unspecified atom stereocenters. The van der Waals surface area contributed by atoms with Gasteiger partial charge in [-0.05, 0) is 42.4 Å². The molecular weight excluding hydrogens is 303 g/mol. The van der Waals surface area contributed by atoms with E-state index in [0.717, 1.165) is 5.56 Å². The molecule has 1 aromatic rings. The summed E-state index contributed by atoms with van der Waals surface area (Å²) in [6.07, 6.45) is 0.510. The van der Waals surface area contributed by atoms with Gasteiger partial charge in [0.15, 0.2) is 0 Å². The van der Waals surface area contributed by atoms with Gasteiger partial charge in [0, 0.05) is 0 Å². The van der Waals surface area contributed by atoms with Crippen LogP contribution < -0.4 is 15.2 Å². The van der Waals surface area contributed by atoms with Gasteiger partial charge >= 0.3 is 5.51 Å². The van der Waals surface area contributed by atoms with Crippen molar-refractivity contribution in [3.63, 3.8) is 0 Å². The van der Waals surface area contributed by atoms with Crippen LogP contribution in [0.2, 0.25) is 0 Å². The predicted octanol–water partition coefficient (Wildman–Crippen LogP) is 3.24. The Morgan fingerprint density at radius 1 is 1.16 bits per heavy atom. The van der Waals surface area contributed by atoms with Crippen molar-refractivity contribution in [2.24, 2.45) is 5.73 Å². The first-order valence-electron chi connectivity index (χ1n) is 5.12. The minimum Gasteiger partial charge on any atom is -0.496 e. The number of alkyl halides is 3. The lowest BCUT2D eigenvalue weighted by Gasteiger charge is -2.15. The normalized spacial score (nSPS) is 10.8. The van der Waals surface area contributed by atoms with Gasteiger partial charge in [-0.2, -0.15) is 13.2 Å². The quantitative estimate of drug-likeness (QED) is 0.847. The molecule has 0 aliphatic carbocycles. The maximum Gasteiger partial charge on any atom is 0.446 e. The summed E-state index contributed by atoms with van der Waals surface area (Å²) in [7, 11) is 2.73. The van der Waals surface area contributed by atoms with Crippen molar-refractivity contribution < 1.29 is 22.6 Å². The third-order valence-corrected chi connectivity index (χ3v) is 2.98. The highest BCUT2D eigenvalue weighted by Gasteiger charge is 2.31. The van der Waals surface area contributed by atoms with Gasteiger partial charge in [-0.15, -0.1) is 12.4 Å². The fourth-order valence-corrected chi connectivity index (χ4v) is 2.15. The number of rotatable bonds is 5. The van der Waals surface area contributed by atoms with Crippen molar-refractivity contribution in [2.75, 3.05) is 20.8 Å². The molecule has 0 fully saturated rings. The van der Waals surface area contributed by atoms with Gasteiger partial charge in [0.2, 0.25) is 0 Å². The van der Waals surface area contributed by atoms with Gasteiger partial charge in [-0.3, -0.25) is 0 Å². The van der Waals surface area contributed by atoms with E-state index in [2.05, 4.69) is 0 Å². The summed E-state index contributed by atoms with van der Waals surface area (Å²) in [4.78, 5) is -0.0254. The molecule has 0 spiro atoms. The Morgan fingerprint density at radius 3 is 2.16 bits per heavy atom. The highest BCUT2D eigenvalue weighted by atomic mass is 35.5. The SMILES string of the molecule is COc1cc(SC(F)(F)F)c(OC)cc1CCN.Cl. The molecule has 1 rings (SSSR count). The lowest BCUT2D eigenvalue weighted by atomic mass is 10.1. The number of methoxy groups -OCH3 is 2. The van der Waals surface area contributed by atoms with E-state index in [0.29, 0.717) is 18.7 Å². The number of benzene rings is 1. The zero-order chi connectivity index (χ0) is 13.8. The first-order chi connectivity index (χ1) is 8.41. The first kappa shape index (κ1) is 18.2. The van der Waals surface area contributed by atoms with Gasteiger partial charge in [0.05, 0.1) is 19.1 Å². The molecule has 0 saturated heterocycles. The molecule has 0 aliphatic heterocycles. The molecule has 8 heteroatoms. The molecule has 0 aliphatic rings. The molecule has 3 nitrogen and oxygen atoms in total. The first-order valence-corrected chi connectivity index (χ1v) is 5.93. The maximum atomic E-state index is 12.4. The summed E-state index contributed by atoms with van der Waals surface area (Å²) in [5, 5.41) is 0. The maximum absolute atomic E-state index is 12.4. The lowest BCUT2D eigenvalue weighted by molar-refractivity contribution is -0.0328. The predicted molar refractivity (Wildman–Crippen MR) is 71.5 cm³/mol. The van der Waals surface area contributed by atoms with Gasteiger partial charge < -0.3 is 15.2 Å². The van der Waals surface area contributed by atoms with Crippen molar-refractivity contribution in [1.82, 2.24) is 0 Å². The number of ether oxygens (including phenoxy) is 2. The monoisotopic (exact) mass is 317 g/mol. The molecule has 1 aromatic carbocycles. The number of halogens is 4. The van der Waals surface area contributed by atoms with E-state index in [1.54, 1.807) is 0 Å². The van der Waals surface area contributed by atoms with E-state index in [4.69, 9.17) is 15.2 Å². The third kappa shape index (κ3) is 5.38. The Bertz CT molecular complexity index is 416. The van der Waals surface area contributed by atoms with E-state index in [1.165, 1.54) is 26.4 Å². The van der Waals surface area contributed by atoms with Crippen molar-refractivity contribution in [3.05, 3.63) is 17.7 Å². The molecule has 0 amide bonds. The average Bonchev–Trinajstić information content (AvgIpc) is 2.28. The molecule has 0 heterocycles. The van der Waals surface area contributed by atoms with Crippen LogP contribution in [0.4, 0.5) is 13.2 Å². The van der Waals surface area contributed by atoms with E-state index in [-0.39, 0.29) is 34.8 Å². The summed E-state index contributed by atoms with van der Waals surface area (Å²) in [6.45, 7) is 0.380. The molecule has 19 heavy (non-hydrogen) atoms. The van der Waals surface area contributed by atoms with Crippen LogP contribution in [0.5, 0.6) is 11.5 Å². The summed E-state index contributed by atoms with van der Waals surface area (Å²) in [5.74, 6) is 0.551. The van der Waals surface area contributed by atoms with E-state index >= 15 is 0 Å². The van der Waals surface area contributed by atoms with Crippen LogP contribution in [0, 0.1) is 0 Å². The van der Waals surface area contributed by atoms with Crippen LogP contribution >= 0.6 is 24.2 Å². The van der Waals surface area contributed by atoms with Gasteiger partial charge in [0.1, 0.15) is 11.5 Å². The molecule has 0 saturated carbocycles. The Kier molecular flexibility index (Phi) is 7.39. The van der Waals surface area contributed by atoms with Crippen LogP contribution in [0.25, 0.3) is 0 Å². The lowest BCUT2D eigenvalue weighted by Crippen LogP contribution is -2.06. The summed E-state index contributed by atoms with van der Waals surface area (Å²) in [5.41, 5.74) is 1.79.